The smallest absolute Gasteiger partial charge is 0.257 e. The molecule has 0 spiro atoms. The third kappa shape index (κ3) is 4.87. The van der Waals surface area contributed by atoms with E-state index in [4.69, 9.17) is 4.74 Å². The van der Waals surface area contributed by atoms with Crippen molar-refractivity contribution in [3.63, 3.8) is 0 Å². The van der Waals surface area contributed by atoms with Crippen LogP contribution in [0.1, 0.15) is 23.1 Å². The molecule has 2 amide bonds. The zero-order valence-corrected chi connectivity index (χ0v) is 16.9. The summed E-state index contributed by atoms with van der Waals surface area (Å²) in [5.41, 5.74) is 2.35. The zero-order valence-electron chi connectivity index (χ0n) is 16.9. The molecule has 31 heavy (non-hydrogen) atoms. The Balaban J connectivity index is 1.47. The van der Waals surface area contributed by atoms with Crippen molar-refractivity contribution >= 4 is 28.8 Å². The topological polar surface area (TPSA) is 97.6 Å². The summed E-state index contributed by atoms with van der Waals surface area (Å²) in [6.45, 7) is 2.49. The van der Waals surface area contributed by atoms with Crippen LogP contribution in [0.4, 0.5) is 11.4 Å². The minimum atomic E-state index is -0.258. The van der Waals surface area contributed by atoms with Crippen molar-refractivity contribution < 1.29 is 14.3 Å². The van der Waals surface area contributed by atoms with Gasteiger partial charge in [-0.2, -0.15) is 0 Å². The molecule has 8 heteroatoms. The second kappa shape index (κ2) is 9.08. The van der Waals surface area contributed by atoms with Gasteiger partial charge in [0.2, 0.25) is 5.91 Å². The van der Waals surface area contributed by atoms with E-state index >= 15 is 0 Å². The summed E-state index contributed by atoms with van der Waals surface area (Å²) in [6, 6.07) is 19.7. The number of benzene rings is 2. The van der Waals surface area contributed by atoms with Crippen LogP contribution >= 0.6 is 0 Å². The maximum atomic E-state index is 12.6. The van der Waals surface area contributed by atoms with Crippen LogP contribution < -0.4 is 15.4 Å². The van der Waals surface area contributed by atoms with Crippen LogP contribution in [0.2, 0.25) is 0 Å². The fraction of sp³-hybridized carbons (Fsp3) is 0.130. The van der Waals surface area contributed by atoms with Crippen LogP contribution in [0, 0.1) is 0 Å². The monoisotopic (exact) mass is 415 g/mol. The number of amides is 2. The van der Waals surface area contributed by atoms with Gasteiger partial charge in [-0.15, -0.1) is 10.2 Å². The van der Waals surface area contributed by atoms with Crippen molar-refractivity contribution in [2.75, 3.05) is 17.2 Å². The van der Waals surface area contributed by atoms with E-state index in [-0.39, 0.29) is 18.2 Å². The van der Waals surface area contributed by atoms with Crippen molar-refractivity contribution in [1.29, 1.82) is 0 Å². The highest BCUT2D eigenvalue weighted by Crippen LogP contribution is 2.16. The van der Waals surface area contributed by atoms with Crippen LogP contribution in [0.5, 0.6) is 5.75 Å². The summed E-state index contributed by atoms with van der Waals surface area (Å²) in [4.78, 5) is 25.1. The molecule has 0 aliphatic carbocycles. The van der Waals surface area contributed by atoms with Gasteiger partial charge in [0, 0.05) is 17.6 Å². The van der Waals surface area contributed by atoms with E-state index in [9.17, 15) is 9.59 Å². The molecule has 4 aromatic rings. The fourth-order valence-electron chi connectivity index (χ4n) is 3.07. The lowest BCUT2D eigenvalue weighted by Gasteiger charge is -2.08. The van der Waals surface area contributed by atoms with E-state index in [0.717, 1.165) is 5.75 Å². The SMILES string of the molecule is CCOc1ccc(NC(=O)Cc2nnc3ccc(C(=O)Nc4ccccc4)cn23)cc1. The molecule has 0 aliphatic heterocycles. The summed E-state index contributed by atoms with van der Waals surface area (Å²) in [5.74, 6) is 0.683. The Bertz CT molecular complexity index is 1200. The molecule has 2 N–H and O–H groups in total. The molecule has 2 aromatic heterocycles. The number of nitrogens with one attached hydrogen (secondary N) is 2. The molecule has 0 aliphatic rings. The maximum absolute atomic E-state index is 12.6. The first-order valence-corrected chi connectivity index (χ1v) is 9.85. The van der Waals surface area contributed by atoms with Gasteiger partial charge in [-0.1, -0.05) is 18.2 Å². The molecule has 0 unspecified atom stereocenters. The molecule has 8 nitrogen and oxygen atoms in total. The number of anilines is 2. The number of nitrogens with zero attached hydrogens (tertiary/aromatic N) is 3. The lowest BCUT2D eigenvalue weighted by atomic mass is 10.2. The quantitative estimate of drug-likeness (QED) is 0.481. The van der Waals surface area contributed by atoms with Crippen LogP contribution in [-0.2, 0) is 11.2 Å². The first kappa shape index (κ1) is 20.1. The summed E-state index contributed by atoms with van der Waals surface area (Å²) in [6.07, 6.45) is 1.64. The Morgan fingerprint density at radius 3 is 2.39 bits per heavy atom. The molecular formula is C23H21N5O3. The van der Waals surface area contributed by atoms with Crippen molar-refractivity contribution in [2.24, 2.45) is 0 Å². The molecule has 0 saturated carbocycles. The van der Waals surface area contributed by atoms with Gasteiger partial charge >= 0.3 is 0 Å². The van der Waals surface area contributed by atoms with Gasteiger partial charge in [0.1, 0.15) is 11.6 Å². The minimum absolute atomic E-state index is 0.0120. The third-order valence-corrected chi connectivity index (χ3v) is 4.53. The average molecular weight is 415 g/mol. The second-order valence-electron chi connectivity index (χ2n) is 6.76. The minimum Gasteiger partial charge on any atom is -0.494 e. The van der Waals surface area contributed by atoms with Gasteiger partial charge in [0.25, 0.3) is 5.91 Å². The molecular weight excluding hydrogens is 394 g/mol. The van der Waals surface area contributed by atoms with E-state index in [0.29, 0.717) is 35.0 Å². The van der Waals surface area contributed by atoms with Crippen LogP contribution in [0.15, 0.2) is 72.9 Å². The first-order chi connectivity index (χ1) is 15.1. The molecule has 4 rings (SSSR count). The third-order valence-electron chi connectivity index (χ3n) is 4.53. The van der Waals surface area contributed by atoms with Crippen molar-refractivity contribution in [2.45, 2.75) is 13.3 Å². The van der Waals surface area contributed by atoms with Crippen LogP contribution in [0.25, 0.3) is 5.65 Å². The predicted molar refractivity (Wildman–Crippen MR) is 117 cm³/mol. The Morgan fingerprint density at radius 2 is 1.65 bits per heavy atom. The second-order valence-corrected chi connectivity index (χ2v) is 6.76. The van der Waals surface area contributed by atoms with E-state index < -0.39 is 0 Å². The highest BCUT2D eigenvalue weighted by Gasteiger charge is 2.14. The number of carbonyl (C=O) groups is 2. The van der Waals surface area contributed by atoms with Gasteiger partial charge in [-0.25, -0.2) is 0 Å². The number of fused-ring (bicyclic) bond motifs is 1. The lowest BCUT2D eigenvalue weighted by Crippen LogP contribution is -2.17. The Kier molecular flexibility index (Phi) is 5.89. The molecule has 0 fully saturated rings. The van der Waals surface area contributed by atoms with Crippen molar-refractivity contribution in [1.82, 2.24) is 14.6 Å². The average Bonchev–Trinajstić information content (AvgIpc) is 3.18. The number of pyridine rings is 1. The van der Waals surface area contributed by atoms with Gasteiger partial charge in [0.05, 0.1) is 18.6 Å². The summed E-state index contributed by atoms with van der Waals surface area (Å²) >= 11 is 0. The van der Waals surface area contributed by atoms with Crippen molar-refractivity contribution in [3.05, 3.63) is 84.3 Å². The molecule has 0 bridgehead atoms. The van der Waals surface area contributed by atoms with Gasteiger partial charge in [0.15, 0.2) is 5.65 Å². The number of para-hydroxylation sites is 1. The molecule has 0 saturated heterocycles. The molecule has 2 heterocycles. The predicted octanol–water partition coefficient (Wildman–Crippen LogP) is 3.56. The summed E-state index contributed by atoms with van der Waals surface area (Å²) in [7, 11) is 0. The number of carbonyl (C=O) groups excluding carboxylic acids is 2. The molecule has 0 radical (unpaired) electrons. The number of hydrogen-bond acceptors (Lipinski definition) is 5. The summed E-state index contributed by atoms with van der Waals surface area (Å²) in [5, 5.41) is 13.8. The van der Waals surface area contributed by atoms with E-state index in [1.54, 1.807) is 47.0 Å². The maximum Gasteiger partial charge on any atom is 0.257 e. The lowest BCUT2D eigenvalue weighted by molar-refractivity contribution is -0.115. The van der Waals surface area contributed by atoms with Crippen molar-refractivity contribution in [3.8, 4) is 5.75 Å². The van der Waals surface area contributed by atoms with E-state index in [1.165, 1.54) is 0 Å². The van der Waals surface area contributed by atoms with E-state index in [2.05, 4.69) is 20.8 Å². The van der Waals surface area contributed by atoms with Gasteiger partial charge in [-0.3, -0.25) is 14.0 Å². The van der Waals surface area contributed by atoms with Crippen LogP contribution in [0.3, 0.4) is 0 Å². The highest BCUT2D eigenvalue weighted by molar-refractivity contribution is 6.04. The fourth-order valence-corrected chi connectivity index (χ4v) is 3.07. The van der Waals surface area contributed by atoms with E-state index in [1.807, 2.05) is 37.3 Å². The van der Waals surface area contributed by atoms with Gasteiger partial charge in [-0.05, 0) is 55.5 Å². The molecule has 0 atom stereocenters. The number of aromatic nitrogens is 3. The summed E-state index contributed by atoms with van der Waals surface area (Å²) < 4.78 is 7.05. The Labute approximate surface area is 178 Å². The highest BCUT2D eigenvalue weighted by atomic mass is 16.5. The Morgan fingerprint density at radius 1 is 0.903 bits per heavy atom. The normalized spacial score (nSPS) is 10.6. The Hall–Kier alpha value is -4.20. The first-order valence-electron chi connectivity index (χ1n) is 9.85. The largest absolute Gasteiger partial charge is 0.494 e. The number of hydrogen-bond donors (Lipinski definition) is 2. The number of rotatable bonds is 7. The standard InChI is InChI=1S/C23H21N5O3/c1-2-31-19-11-9-18(10-12-19)24-22(29)14-21-27-26-20-13-8-16(15-28(20)21)23(30)25-17-6-4-3-5-7-17/h3-13,15H,2,14H2,1H3,(H,24,29)(H,25,30). The molecule has 156 valence electrons. The zero-order chi connectivity index (χ0) is 21.6. The van der Waals surface area contributed by atoms with Gasteiger partial charge < -0.3 is 15.4 Å². The number of ether oxygens (including phenoxy) is 1. The van der Waals surface area contributed by atoms with Crippen LogP contribution in [-0.4, -0.2) is 33.0 Å². The molecule has 2 aromatic carbocycles.